The van der Waals surface area contributed by atoms with E-state index in [-0.39, 0.29) is 17.9 Å². The number of aliphatic carboxylic acids is 1. The molecule has 12 nitrogen and oxygen atoms in total. The number of sulfonamides is 1. The number of carboxylic acids is 1. The summed E-state index contributed by atoms with van der Waals surface area (Å²) in [6.45, 7) is 0.927. The number of carboxylic acid groups (broad SMARTS) is 1. The molecule has 33 heavy (non-hydrogen) atoms. The van der Waals surface area contributed by atoms with Crippen LogP contribution < -0.4 is 15.4 Å². The molecular weight excluding hydrogens is 452 g/mol. The third-order valence-electron chi connectivity index (χ3n) is 5.09. The number of hydrogen-bond donors (Lipinski definition) is 4. The number of amides is 1. The second-order valence-corrected chi connectivity index (χ2v) is 9.49. The Morgan fingerprint density at radius 2 is 2.18 bits per heavy atom. The highest BCUT2D eigenvalue weighted by atomic mass is 32.2. The van der Waals surface area contributed by atoms with Gasteiger partial charge in [0.25, 0.3) is 5.91 Å². The maximum Gasteiger partial charge on any atom is 0.323 e. The van der Waals surface area contributed by atoms with Gasteiger partial charge >= 0.3 is 5.97 Å². The highest BCUT2D eigenvalue weighted by molar-refractivity contribution is 7.89. The minimum absolute atomic E-state index is 0.0787. The van der Waals surface area contributed by atoms with Crippen LogP contribution in [-0.2, 0) is 38.9 Å². The van der Waals surface area contributed by atoms with E-state index in [1.54, 1.807) is 10.9 Å². The summed E-state index contributed by atoms with van der Waals surface area (Å²) in [5.74, 6) is -1.42. The van der Waals surface area contributed by atoms with Crippen LogP contribution in [0.15, 0.2) is 24.5 Å². The largest absolute Gasteiger partial charge is 0.480 e. The lowest BCUT2D eigenvalue weighted by Gasteiger charge is -2.17. The van der Waals surface area contributed by atoms with Crippen molar-refractivity contribution < 1.29 is 27.9 Å². The van der Waals surface area contributed by atoms with E-state index in [0.717, 1.165) is 30.9 Å². The van der Waals surface area contributed by atoms with E-state index in [4.69, 9.17) is 4.74 Å². The first-order chi connectivity index (χ1) is 15.8. The van der Waals surface area contributed by atoms with E-state index < -0.39 is 34.5 Å². The van der Waals surface area contributed by atoms with E-state index in [1.165, 1.54) is 18.9 Å². The molecule has 4 N–H and O–H groups in total. The Morgan fingerprint density at radius 1 is 1.36 bits per heavy atom. The first kappa shape index (κ1) is 24.6. The molecule has 0 radical (unpaired) electrons. The van der Waals surface area contributed by atoms with E-state index in [2.05, 4.69) is 26.8 Å². The molecule has 0 spiro atoms. The molecule has 0 fully saturated rings. The predicted molar refractivity (Wildman–Crippen MR) is 120 cm³/mol. The van der Waals surface area contributed by atoms with Crippen LogP contribution in [0.4, 0.5) is 5.82 Å². The quantitative estimate of drug-likeness (QED) is 0.317. The first-order valence-corrected chi connectivity index (χ1v) is 12.2. The molecule has 0 saturated carbocycles. The van der Waals surface area contributed by atoms with Gasteiger partial charge in [0.05, 0.1) is 24.1 Å². The molecule has 0 bridgehead atoms. The number of nitrogens with zero attached hydrogens (tertiary/aromatic N) is 3. The highest BCUT2D eigenvalue weighted by Crippen LogP contribution is 2.19. The lowest BCUT2D eigenvalue weighted by Crippen LogP contribution is -2.49. The minimum Gasteiger partial charge on any atom is -0.480 e. The summed E-state index contributed by atoms with van der Waals surface area (Å²) in [5, 5.41) is 19.2. The zero-order chi connectivity index (χ0) is 23.8. The number of aromatic nitrogens is 3. The minimum atomic E-state index is -3.87. The van der Waals surface area contributed by atoms with Crippen molar-refractivity contribution in [3.63, 3.8) is 0 Å². The Kier molecular flexibility index (Phi) is 8.36. The van der Waals surface area contributed by atoms with Crippen molar-refractivity contribution in [1.82, 2.24) is 24.8 Å². The molecule has 0 aromatic carbocycles. The Balaban J connectivity index is 1.52. The number of fused-ring (bicyclic) bond motifs is 1. The van der Waals surface area contributed by atoms with Crippen LogP contribution in [0.2, 0.25) is 0 Å². The average Bonchev–Trinajstić information content (AvgIpc) is 3.28. The molecule has 2 aromatic rings. The SMILES string of the molecule is COCCS(=O)(=O)N[C@@H](CNC(=O)c1cnn(CCc2ccc3c(n2)NCCC3)c1)C(=O)O. The van der Waals surface area contributed by atoms with Crippen LogP contribution in [0.3, 0.4) is 0 Å². The van der Waals surface area contributed by atoms with E-state index in [1.807, 2.05) is 10.8 Å². The fourth-order valence-electron chi connectivity index (χ4n) is 3.29. The summed E-state index contributed by atoms with van der Waals surface area (Å²) in [6, 6.07) is 2.56. The van der Waals surface area contributed by atoms with Crippen LogP contribution in [0.1, 0.15) is 28.0 Å². The standard InChI is InChI=1S/C20H28N6O6S/c1-32-9-10-33(30,31)25-17(20(28)29)12-22-19(27)15-11-23-26(13-15)8-6-16-5-4-14-3-2-7-21-18(14)24-16/h4-5,11,13,17,25H,2-3,6-10,12H2,1H3,(H,21,24)(H,22,27)(H,28,29)/t17-/m0/s1. The zero-order valence-electron chi connectivity index (χ0n) is 18.3. The number of carbonyl (C=O) groups excluding carboxylic acids is 1. The topological polar surface area (TPSA) is 165 Å². The summed E-state index contributed by atoms with van der Waals surface area (Å²) >= 11 is 0. The molecule has 2 aromatic heterocycles. The van der Waals surface area contributed by atoms with Crippen LogP contribution in [0.5, 0.6) is 0 Å². The Hall–Kier alpha value is -3.03. The third-order valence-corrected chi connectivity index (χ3v) is 6.43. The zero-order valence-corrected chi connectivity index (χ0v) is 19.1. The molecule has 13 heteroatoms. The number of ether oxygens (including phenoxy) is 1. The van der Waals surface area contributed by atoms with E-state index in [0.29, 0.717) is 13.0 Å². The van der Waals surface area contributed by atoms with Gasteiger partial charge in [-0.2, -0.15) is 9.82 Å². The smallest absolute Gasteiger partial charge is 0.323 e. The normalized spacial score (nSPS) is 14.2. The number of anilines is 1. The van der Waals surface area contributed by atoms with Gasteiger partial charge in [-0.1, -0.05) is 6.07 Å². The number of nitrogens with one attached hydrogen (secondary N) is 3. The number of rotatable bonds is 12. The van der Waals surface area contributed by atoms with Crippen LogP contribution in [0, 0.1) is 0 Å². The van der Waals surface area contributed by atoms with Crippen molar-refractivity contribution in [3.8, 4) is 0 Å². The van der Waals surface area contributed by atoms with Gasteiger partial charge < -0.3 is 20.5 Å². The van der Waals surface area contributed by atoms with Gasteiger partial charge in [-0.15, -0.1) is 0 Å². The lowest BCUT2D eigenvalue weighted by molar-refractivity contribution is -0.138. The number of carbonyl (C=O) groups is 2. The molecule has 3 heterocycles. The Labute approximate surface area is 191 Å². The monoisotopic (exact) mass is 480 g/mol. The summed E-state index contributed by atoms with van der Waals surface area (Å²) in [6.07, 6.45) is 5.66. The fourth-order valence-corrected chi connectivity index (χ4v) is 4.41. The molecule has 0 unspecified atom stereocenters. The van der Waals surface area contributed by atoms with Gasteiger partial charge in [0, 0.05) is 45.1 Å². The number of methoxy groups -OCH3 is 1. The second kappa shape index (κ2) is 11.2. The van der Waals surface area contributed by atoms with Crippen LogP contribution in [-0.4, -0.2) is 78.8 Å². The molecule has 1 amide bonds. The number of aryl methyl sites for hydroxylation is 3. The molecule has 1 aliphatic rings. The van der Waals surface area contributed by atoms with E-state index in [9.17, 15) is 23.1 Å². The van der Waals surface area contributed by atoms with Gasteiger partial charge in [0.2, 0.25) is 10.0 Å². The van der Waals surface area contributed by atoms with Gasteiger partial charge in [0.15, 0.2) is 0 Å². The first-order valence-electron chi connectivity index (χ1n) is 10.5. The third kappa shape index (κ3) is 7.23. The molecule has 3 rings (SSSR count). The molecule has 1 aliphatic heterocycles. The Morgan fingerprint density at radius 3 is 2.94 bits per heavy atom. The second-order valence-electron chi connectivity index (χ2n) is 7.61. The predicted octanol–water partition coefficient (Wildman–Crippen LogP) is -0.372. The summed E-state index contributed by atoms with van der Waals surface area (Å²) in [4.78, 5) is 28.4. The maximum absolute atomic E-state index is 12.4. The van der Waals surface area contributed by atoms with Crippen molar-refractivity contribution in [2.24, 2.45) is 0 Å². The van der Waals surface area contributed by atoms with Crippen molar-refractivity contribution >= 4 is 27.7 Å². The lowest BCUT2D eigenvalue weighted by atomic mass is 10.1. The molecular formula is C20H28N6O6S. The molecule has 1 atom stereocenters. The van der Waals surface area contributed by atoms with Crippen LogP contribution >= 0.6 is 0 Å². The molecule has 0 saturated heterocycles. The van der Waals surface area contributed by atoms with Crippen molar-refractivity contribution in [3.05, 3.63) is 41.3 Å². The Bertz CT molecular complexity index is 1090. The summed E-state index contributed by atoms with van der Waals surface area (Å²) in [5.41, 5.74) is 2.36. The van der Waals surface area contributed by atoms with Gasteiger partial charge in [-0.05, 0) is 24.5 Å². The van der Waals surface area contributed by atoms with Crippen molar-refractivity contribution in [2.45, 2.75) is 31.8 Å². The maximum atomic E-state index is 12.4. The number of pyridine rings is 1. The summed E-state index contributed by atoms with van der Waals surface area (Å²) in [7, 11) is -2.53. The summed E-state index contributed by atoms with van der Waals surface area (Å²) < 4.78 is 32.1. The fraction of sp³-hybridized carbons (Fsp3) is 0.500. The van der Waals surface area contributed by atoms with Gasteiger partial charge in [-0.25, -0.2) is 13.4 Å². The van der Waals surface area contributed by atoms with E-state index >= 15 is 0 Å². The highest BCUT2D eigenvalue weighted by Gasteiger charge is 2.25. The van der Waals surface area contributed by atoms with Gasteiger partial charge in [-0.3, -0.25) is 14.3 Å². The molecule has 0 aliphatic carbocycles. The van der Waals surface area contributed by atoms with Crippen molar-refractivity contribution in [2.75, 3.05) is 37.9 Å². The van der Waals surface area contributed by atoms with Gasteiger partial charge in [0.1, 0.15) is 11.9 Å². The van der Waals surface area contributed by atoms with Crippen LogP contribution in [0.25, 0.3) is 0 Å². The van der Waals surface area contributed by atoms with Crippen molar-refractivity contribution in [1.29, 1.82) is 0 Å². The average molecular weight is 481 g/mol. The number of hydrogen-bond acceptors (Lipinski definition) is 8. The molecule has 180 valence electrons.